The van der Waals surface area contributed by atoms with Gasteiger partial charge < -0.3 is 14.8 Å². The lowest BCUT2D eigenvalue weighted by molar-refractivity contribution is -0.115. The van der Waals surface area contributed by atoms with Crippen molar-refractivity contribution in [2.45, 2.75) is 28.0 Å². The van der Waals surface area contributed by atoms with Crippen LogP contribution in [0.5, 0.6) is 11.5 Å². The van der Waals surface area contributed by atoms with Gasteiger partial charge in [-0.25, -0.2) is 0 Å². The molecule has 1 heterocycles. The first-order valence-electron chi connectivity index (χ1n) is 11.0. The van der Waals surface area contributed by atoms with Crippen molar-refractivity contribution >= 4 is 35.1 Å². The first-order chi connectivity index (χ1) is 17.1. The predicted molar refractivity (Wildman–Crippen MR) is 141 cm³/mol. The first kappa shape index (κ1) is 24.7. The molecule has 180 valence electrons. The summed E-state index contributed by atoms with van der Waals surface area (Å²) in [7, 11) is 3.14. The smallest absolute Gasteiger partial charge is 0.237 e. The van der Waals surface area contributed by atoms with Crippen molar-refractivity contribution in [1.82, 2.24) is 14.8 Å². The van der Waals surface area contributed by atoms with Crippen LogP contribution in [0.15, 0.2) is 88.9 Å². The fraction of sp³-hybridized carbons (Fsp3) is 0.192. The minimum absolute atomic E-state index is 0.177. The van der Waals surface area contributed by atoms with E-state index >= 15 is 0 Å². The highest BCUT2D eigenvalue weighted by molar-refractivity contribution is 8.00. The number of rotatable bonds is 10. The molecule has 0 saturated carbocycles. The maximum atomic E-state index is 13.1. The normalized spacial score (nSPS) is 11.6. The van der Waals surface area contributed by atoms with E-state index in [1.54, 1.807) is 44.2 Å². The molecule has 0 radical (unpaired) electrons. The number of hydrogen-bond donors (Lipinski definition) is 1. The van der Waals surface area contributed by atoms with Gasteiger partial charge in [-0.15, -0.1) is 22.0 Å². The van der Waals surface area contributed by atoms with Crippen LogP contribution in [0.3, 0.4) is 0 Å². The van der Waals surface area contributed by atoms with E-state index in [0.717, 1.165) is 16.4 Å². The molecule has 1 unspecified atom stereocenters. The predicted octanol–water partition coefficient (Wildman–Crippen LogP) is 5.70. The van der Waals surface area contributed by atoms with Gasteiger partial charge in [-0.05, 0) is 43.3 Å². The molecule has 35 heavy (non-hydrogen) atoms. The Balaban J connectivity index is 1.54. The Labute approximate surface area is 213 Å². The lowest BCUT2D eigenvalue weighted by Gasteiger charge is -2.16. The quantitative estimate of drug-likeness (QED) is 0.277. The molecule has 0 fully saturated rings. The number of hydrogen-bond acceptors (Lipinski definition) is 7. The highest BCUT2D eigenvalue weighted by atomic mass is 32.2. The fourth-order valence-corrected chi connectivity index (χ4v) is 5.05. The van der Waals surface area contributed by atoms with Gasteiger partial charge in [-0.3, -0.25) is 9.36 Å². The Morgan fingerprint density at radius 1 is 0.971 bits per heavy atom. The summed E-state index contributed by atoms with van der Waals surface area (Å²) in [6, 6.07) is 25.4. The van der Waals surface area contributed by atoms with E-state index in [2.05, 4.69) is 27.6 Å². The van der Waals surface area contributed by atoms with Crippen LogP contribution in [0.25, 0.3) is 5.69 Å². The summed E-state index contributed by atoms with van der Waals surface area (Å²) in [5, 5.41) is 12.0. The number of para-hydroxylation sites is 1. The topological polar surface area (TPSA) is 78.3 Å². The van der Waals surface area contributed by atoms with Gasteiger partial charge in [0.25, 0.3) is 0 Å². The molecule has 0 spiro atoms. The zero-order valence-corrected chi connectivity index (χ0v) is 21.3. The van der Waals surface area contributed by atoms with Crippen molar-refractivity contribution in [2.24, 2.45) is 0 Å². The van der Waals surface area contributed by atoms with Crippen molar-refractivity contribution in [3.63, 3.8) is 0 Å². The van der Waals surface area contributed by atoms with Gasteiger partial charge in [0.1, 0.15) is 17.3 Å². The molecule has 9 heteroatoms. The molecule has 0 aliphatic heterocycles. The SMILES string of the molecule is COc1ccc(OC)c(NC(=O)C(C)Sc2nnc(CSc3ccccc3)n2-c2ccccc2)c1. The number of anilines is 1. The van der Waals surface area contributed by atoms with Crippen LogP contribution in [0, 0.1) is 0 Å². The van der Waals surface area contributed by atoms with Crippen LogP contribution in [0.2, 0.25) is 0 Å². The van der Waals surface area contributed by atoms with Crippen LogP contribution < -0.4 is 14.8 Å². The number of thioether (sulfide) groups is 2. The molecule has 4 rings (SSSR count). The Morgan fingerprint density at radius 3 is 2.37 bits per heavy atom. The molecule has 0 aliphatic rings. The molecule has 0 bridgehead atoms. The van der Waals surface area contributed by atoms with Gasteiger partial charge in [-0.2, -0.15) is 0 Å². The standard InChI is InChI=1S/C26H26N4O3S2/c1-18(25(31)27-22-16-20(32-2)14-15-23(22)33-3)35-26-29-28-24(17-34-21-12-8-5-9-13-21)30(26)19-10-6-4-7-11-19/h4-16,18H,17H2,1-3H3,(H,27,31). The van der Waals surface area contributed by atoms with E-state index in [1.807, 2.05) is 60.0 Å². The van der Waals surface area contributed by atoms with Gasteiger partial charge in [0.15, 0.2) is 5.16 Å². The summed E-state index contributed by atoms with van der Waals surface area (Å²) in [6.45, 7) is 1.84. The average molecular weight is 507 g/mol. The lowest BCUT2D eigenvalue weighted by atomic mass is 10.2. The average Bonchev–Trinajstić information content (AvgIpc) is 3.30. The number of amides is 1. The Kier molecular flexibility index (Phi) is 8.33. The number of benzene rings is 3. The number of methoxy groups -OCH3 is 2. The third kappa shape index (κ3) is 6.17. The summed E-state index contributed by atoms with van der Waals surface area (Å²) < 4.78 is 12.7. The zero-order chi connectivity index (χ0) is 24.6. The van der Waals surface area contributed by atoms with Gasteiger partial charge in [-0.1, -0.05) is 48.2 Å². The lowest BCUT2D eigenvalue weighted by Crippen LogP contribution is -2.23. The van der Waals surface area contributed by atoms with Crippen molar-refractivity contribution in [3.05, 3.63) is 84.7 Å². The molecule has 0 aliphatic carbocycles. The number of carbonyl (C=O) groups is 1. The van der Waals surface area contributed by atoms with Crippen LogP contribution in [-0.4, -0.2) is 40.1 Å². The Bertz CT molecular complexity index is 1270. The number of ether oxygens (including phenoxy) is 2. The van der Waals surface area contributed by atoms with E-state index in [4.69, 9.17) is 9.47 Å². The molecule has 1 N–H and O–H groups in total. The summed E-state index contributed by atoms with van der Waals surface area (Å²) >= 11 is 3.05. The van der Waals surface area contributed by atoms with E-state index in [-0.39, 0.29) is 5.91 Å². The third-order valence-corrected chi connectivity index (χ3v) is 7.19. The highest BCUT2D eigenvalue weighted by Crippen LogP contribution is 2.32. The second-order valence-corrected chi connectivity index (χ2v) is 9.84. The van der Waals surface area contributed by atoms with Crippen molar-refractivity contribution in [2.75, 3.05) is 19.5 Å². The van der Waals surface area contributed by atoms with Gasteiger partial charge in [0.05, 0.1) is 30.9 Å². The summed E-state index contributed by atoms with van der Waals surface area (Å²) in [6.07, 6.45) is 0. The maximum absolute atomic E-state index is 13.1. The van der Waals surface area contributed by atoms with E-state index in [1.165, 1.54) is 11.8 Å². The molecule has 1 amide bonds. The second-order valence-electron chi connectivity index (χ2n) is 7.49. The van der Waals surface area contributed by atoms with Gasteiger partial charge in [0, 0.05) is 16.6 Å². The van der Waals surface area contributed by atoms with Crippen molar-refractivity contribution in [3.8, 4) is 17.2 Å². The Morgan fingerprint density at radius 2 is 1.69 bits per heavy atom. The van der Waals surface area contributed by atoms with Crippen LogP contribution in [0.1, 0.15) is 12.7 Å². The zero-order valence-electron chi connectivity index (χ0n) is 19.7. The molecule has 4 aromatic rings. The first-order valence-corrected chi connectivity index (χ1v) is 12.8. The highest BCUT2D eigenvalue weighted by Gasteiger charge is 2.22. The molecule has 7 nitrogen and oxygen atoms in total. The van der Waals surface area contributed by atoms with E-state index < -0.39 is 5.25 Å². The molecule has 1 aromatic heterocycles. The third-order valence-electron chi connectivity index (χ3n) is 5.14. The minimum atomic E-state index is -0.438. The molecule has 0 saturated heterocycles. The summed E-state index contributed by atoms with van der Waals surface area (Å²) in [5.41, 5.74) is 1.50. The fourth-order valence-electron chi connectivity index (χ4n) is 3.33. The number of nitrogens with zero attached hydrogens (tertiary/aromatic N) is 3. The minimum Gasteiger partial charge on any atom is -0.497 e. The van der Waals surface area contributed by atoms with Crippen LogP contribution >= 0.6 is 23.5 Å². The monoisotopic (exact) mass is 506 g/mol. The molecular formula is C26H26N4O3S2. The van der Waals surface area contributed by atoms with Gasteiger partial charge >= 0.3 is 0 Å². The van der Waals surface area contributed by atoms with E-state index in [9.17, 15) is 4.79 Å². The summed E-state index contributed by atoms with van der Waals surface area (Å²) in [4.78, 5) is 14.2. The molecule has 3 aromatic carbocycles. The largest absolute Gasteiger partial charge is 0.497 e. The molecule has 1 atom stereocenters. The van der Waals surface area contributed by atoms with Crippen LogP contribution in [-0.2, 0) is 10.5 Å². The molecular weight excluding hydrogens is 480 g/mol. The van der Waals surface area contributed by atoms with Crippen molar-refractivity contribution in [1.29, 1.82) is 0 Å². The Hall–Kier alpha value is -3.43. The summed E-state index contributed by atoms with van der Waals surface area (Å²) in [5.74, 6) is 2.47. The van der Waals surface area contributed by atoms with Gasteiger partial charge in [0.2, 0.25) is 5.91 Å². The van der Waals surface area contributed by atoms with Crippen molar-refractivity contribution < 1.29 is 14.3 Å². The van der Waals surface area contributed by atoms with Crippen LogP contribution in [0.4, 0.5) is 5.69 Å². The second kappa shape index (κ2) is 11.8. The number of carbonyl (C=O) groups excluding carboxylic acids is 1. The maximum Gasteiger partial charge on any atom is 0.237 e. The number of nitrogens with one attached hydrogen (secondary N) is 1. The van der Waals surface area contributed by atoms with E-state index in [0.29, 0.717) is 28.1 Å². The number of aromatic nitrogens is 3.